The van der Waals surface area contributed by atoms with Gasteiger partial charge in [0, 0.05) is 24.2 Å². The maximum atomic E-state index is 12.0. The second-order valence-electron chi connectivity index (χ2n) is 8.54. The molecule has 1 unspecified atom stereocenters. The van der Waals surface area contributed by atoms with Gasteiger partial charge in [-0.1, -0.05) is 13.8 Å². The molecule has 2 N–H and O–H groups in total. The SMILES string of the molecule is C[C@H]1[C@@H](OC(=O)CCC(=O)[O-])O[C@@H]2OC(C)(O)CC[C@H]3[C@H](C)CC[C@@H]1[C@@]23O. The maximum Gasteiger partial charge on any atom is 0.308 e. The van der Waals surface area contributed by atoms with Crippen LogP contribution in [-0.4, -0.2) is 46.1 Å². The molecule has 0 aromatic carbocycles. The first-order valence-corrected chi connectivity index (χ1v) is 9.72. The Hall–Kier alpha value is -1.22. The van der Waals surface area contributed by atoms with Crippen molar-refractivity contribution in [2.45, 2.75) is 83.3 Å². The summed E-state index contributed by atoms with van der Waals surface area (Å²) in [4.78, 5) is 22.5. The molecule has 3 aliphatic rings. The number of hydrogen-bond acceptors (Lipinski definition) is 8. The molecule has 27 heavy (non-hydrogen) atoms. The van der Waals surface area contributed by atoms with Crippen LogP contribution in [0, 0.1) is 23.7 Å². The van der Waals surface area contributed by atoms with Crippen molar-refractivity contribution < 1.29 is 39.1 Å². The van der Waals surface area contributed by atoms with E-state index in [1.807, 2.05) is 6.92 Å². The van der Waals surface area contributed by atoms with Crippen molar-refractivity contribution in [1.82, 2.24) is 0 Å². The first kappa shape index (κ1) is 20.5. The highest BCUT2D eigenvalue weighted by atomic mass is 16.8. The maximum absolute atomic E-state index is 12.0. The summed E-state index contributed by atoms with van der Waals surface area (Å²) in [5.41, 5.74) is -1.27. The van der Waals surface area contributed by atoms with Gasteiger partial charge < -0.3 is 34.3 Å². The van der Waals surface area contributed by atoms with Crippen LogP contribution in [0.4, 0.5) is 0 Å². The fraction of sp³-hybridized carbons (Fsp3) is 0.895. The van der Waals surface area contributed by atoms with Crippen LogP contribution in [0.2, 0.25) is 0 Å². The van der Waals surface area contributed by atoms with E-state index in [0.717, 1.165) is 12.8 Å². The molecule has 3 rings (SSSR count). The van der Waals surface area contributed by atoms with E-state index in [1.54, 1.807) is 0 Å². The summed E-state index contributed by atoms with van der Waals surface area (Å²) in [6.07, 6.45) is -0.199. The van der Waals surface area contributed by atoms with Gasteiger partial charge in [0.1, 0.15) is 5.60 Å². The van der Waals surface area contributed by atoms with Gasteiger partial charge in [0.05, 0.1) is 6.42 Å². The zero-order valence-electron chi connectivity index (χ0n) is 16.1. The number of hydrogen-bond donors (Lipinski definition) is 2. The van der Waals surface area contributed by atoms with Crippen LogP contribution in [0.3, 0.4) is 0 Å². The van der Waals surface area contributed by atoms with Crippen molar-refractivity contribution in [1.29, 1.82) is 0 Å². The Balaban J connectivity index is 1.83. The number of carbonyl (C=O) groups is 2. The van der Waals surface area contributed by atoms with Crippen molar-refractivity contribution in [2.75, 3.05) is 0 Å². The van der Waals surface area contributed by atoms with Crippen molar-refractivity contribution in [3.8, 4) is 0 Å². The Kier molecular flexibility index (Phi) is 5.55. The molecule has 0 bridgehead atoms. The van der Waals surface area contributed by atoms with Gasteiger partial charge in [0.2, 0.25) is 6.29 Å². The highest BCUT2D eigenvalue weighted by molar-refractivity contribution is 5.75. The first-order chi connectivity index (χ1) is 12.5. The summed E-state index contributed by atoms with van der Waals surface area (Å²) in [6, 6.07) is 0. The Morgan fingerprint density at radius 3 is 2.52 bits per heavy atom. The lowest BCUT2D eigenvalue weighted by molar-refractivity contribution is -0.403. The lowest BCUT2D eigenvalue weighted by Crippen LogP contribution is -2.67. The van der Waals surface area contributed by atoms with Gasteiger partial charge in [-0.25, -0.2) is 0 Å². The summed E-state index contributed by atoms with van der Waals surface area (Å²) < 4.78 is 16.9. The molecule has 0 radical (unpaired) electrons. The van der Waals surface area contributed by atoms with Gasteiger partial charge in [0.25, 0.3) is 0 Å². The summed E-state index contributed by atoms with van der Waals surface area (Å²) in [5, 5.41) is 32.7. The number of aliphatic hydroxyl groups is 2. The molecule has 2 heterocycles. The number of aliphatic carboxylic acids is 1. The van der Waals surface area contributed by atoms with E-state index in [-0.39, 0.29) is 30.1 Å². The van der Waals surface area contributed by atoms with E-state index >= 15 is 0 Å². The Morgan fingerprint density at radius 2 is 1.85 bits per heavy atom. The topological polar surface area (TPSA) is 125 Å². The molecule has 8 atom stereocenters. The minimum Gasteiger partial charge on any atom is -0.550 e. The summed E-state index contributed by atoms with van der Waals surface area (Å²) >= 11 is 0. The molecule has 1 saturated carbocycles. The summed E-state index contributed by atoms with van der Waals surface area (Å²) in [6.45, 7) is 5.48. The number of esters is 1. The highest BCUT2D eigenvalue weighted by Crippen LogP contribution is 2.55. The zero-order chi connectivity index (χ0) is 20.0. The average molecular weight is 385 g/mol. The third-order valence-corrected chi connectivity index (χ3v) is 6.57. The Morgan fingerprint density at radius 1 is 1.15 bits per heavy atom. The second-order valence-corrected chi connectivity index (χ2v) is 8.54. The molecule has 8 nitrogen and oxygen atoms in total. The van der Waals surface area contributed by atoms with E-state index in [1.165, 1.54) is 6.92 Å². The monoisotopic (exact) mass is 385 g/mol. The first-order valence-electron chi connectivity index (χ1n) is 9.72. The van der Waals surface area contributed by atoms with Crippen LogP contribution in [0.15, 0.2) is 0 Å². The molecular formula is C19H29O8-. The molecule has 0 aromatic heterocycles. The second kappa shape index (κ2) is 7.31. The summed E-state index contributed by atoms with van der Waals surface area (Å²) in [5.74, 6) is -3.83. The predicted molar refractivity (Wildman–Crippen MR) is 89.4 cm³/mol. The van der Waals surface area contributed by atoms with Gasteiger partial charge in [-0.15, -0.1) is 0 Å². The Labute approximate surface area is 158 Å². The fourth-order valence-corrected chi connectivity index (χ4v) is 5.06. The molecule has 2 saturated heterocycles. The molecule has 1 aliphatic carbocycles. The standard InChI is InChI=1S/C19H30O8/c1-10-4-5-13-11(2)16(25-15(22)7-6-14(20)21)26-17-19(13,24)12(10)8-9-18(3,23)27-17/h10-13,16-17,23-24H,4-9H2,1-3H3,(H,20,21)/p-1/t10-,11-,12+,13+,16+,17-,18?,19-/m1/s1. The molecule has 154 valence electrons. The van der Waals surface area contributed by atoms with Gasteiger partial charge in [-0.05, 0) is 44.4 Å². The third kappa shape index (κ3) is 3.85. The molecule has 0 spiro atoms. The van der Waals surface area contributed by atoms with E-state index in [4.69, 9.17) is 14.2 Å². The lowest BCUT2D eigenvalue weighted by Gasteiger charge is -2.57. The minimum absolute atomic E-state index is 0.0904. The van der Waals surface area contributed by atoms with Crippen LogP contribution in [0.1, 0.15) is 59.3 Å². The molecule has 3 fully saturated rings. The molecule has 0 amide bonds. The van der Waals surface area contributed by atoms with E-state index in [9.17, 15) is 24.9 Å². The van der Waals surface area contributed by atoms with Gasteiger partial charge >= 0.3 is 5.97 Å². The number of rotatable bonds is 4. The molecule has 2 aliphatic heterocycles. The van der Waals surface area contributed by atoms with Crippen molar-refractivity contribution in [3.05, 3.63) is 0 Å². The molecule has 8 heteroatoms. The lowest BCUT2D eigenvalue weighted by atomic mass is 9.58. The highest BCUT2D eigenvalue weighted by Gasteiger charge is 2.64. The van der Waals surface area contributed by atoms with Gasteiger partial charge in [-0.2, -0.15) is 0 Å². The van der Waals surface area contributed by atoms with Gasteiger partial charge in [0.15, 0.2) is 12.1 Å². The van der Waals surface area contributed by atoms with Crippen LogP contribution in [0.25, 0.3) is 0 Å². The minimum atomic E-state index is -1.45. The van der Waals surface area contributed by atoms with Crippen LogP contribution in [0.5, 0.6) is 0 Å². The predicted octanol–water partition coefficient (Wildman–Crippen LogP) is 0.291. The fourth-order valence-electron chi connectivity index (χ4n) is 5.06. The van der Waals surface area contributed by atoms with E-state index < -0.39 is 42.3 Å². The van der Waals surface area contributed by atoms with Crippen molar-refractivity contribution >= 4 is 11.9 Å². The van der Waals surface area contributed by atoms with Crippen molar-refractivity contribution in [3.63, 3.8) is 0 Å². The molecule has 0 aromatic rings. The third-order valence-electron chi connectivity index (χ3n) is 6.57. The quantitative estimate of drug-likeness (QED) is 0.662. The summed E-state index contributed by atoms with van der Waals surface area (Å²) in [7, 11) is 0. The molecular weight excluding hydrogens is 356 g/mol. The largest absolute Gasteiger partial charge is 0.550 e. The zero-order valence-corrected chi connectivity index (χ0v) is 16.1. The number of carboxylic acids is 1. The average Bonchev–Trinajstić information content (AvgIpc) is 2.66. The smallest absolute Gasteiger partial charge is 0.308 e. The number of carboxylic acid groups (broad SMARTS) is 1. The van der Waals surface area contributed by atoms with E-state index in [2.05, 4.69) is 6.92 Å². The van der Waals surface area contributed by atoms with E-state index in [0.29, 0.717) is 12.8 Å². The van der Waals surface area contributed by atoms with Crippen LogP contribution in [-0.2, 0) is 23.8 Å². The van der Waals surface area contributed by atoms with Crippen molar-refractivity contribution in [2.24, 2.45) is 23.7 Å². The van der Waals surface area contributed by atoms with Gasteiger partial charge in [-0.3, -0.25) is 4.79 Å². The Bertz CT molecular complexity index is 590. The normalized spacial score (nSPS) is 46.9. The number of carbonyl (C=O) groups excluding carboxylic acids is 2. The van der Waals surface area contributed by atoms with Crippen LogP contribution >= 0.6 is 0 Å². The van der Waals surface area contributed by atoms with Crippen LogP contribution < -0.4 is 5.11 Å². The number of ether oxygens (including phenoxy) is 3.